The number of hydrogen-bond donors (Lipinski definition) is 0. The van der Waals surface area contributed by atoms with E-state index >= 15 is 0 Å². The van der Waals surface area contributed by atoms with Crippen molar-refractivity contribution in [3.05, 3.63) is 29.6 Å². The second-order valence-electron chi connectivity index (χ2n) is 4.45. The van der Waals surface area contributed by atoms with Crippen molar-refractivity contribution < 1.29 is 18.3 Å². The number of hydrogen-bond acceptors (Lipinski definition) is 3. The lowest BCUT2D eigenvalue weighted by Crippen LogP contribution is -2.12. The maximum Gasteiger partial charge on any atom is 0.184 e. The monoisotopic (exact) mass is 318 g/mol. The van der Waals surface area contributed by atoms with Crippen molar-refractivity contribution in [2.45, 2.75) is 13.0 Å². The molecule has 0 radical (unpaired) electrons. The highest BCUT2D eigenvalue weighted by Gasteiger charge is 2.17. The van der Waals surface area contributed by atoms with Crippen molar-refractivity contribution >= 4 is 22.6 Å². The van der Waals surface area contributed by atoms with Crippen molar-refractivity contribution in [3.8, 4) is 0 Å². The summed E-state index contributed by atoms with van der Waals surface area (Å²) >= 11 is 5.74. The average molecular weight is 319 g/mol. The van der Waals surface area contributed by atoms with Crippen molar-refractivity contribution in [2.24, 2.45) is 0 Å². The molecule has 116 valence electrons. The molecule has 1 heterocycles. The largest absolute Gasteiger partial charge is 0.382 e. The van der Waals surface area contributed by atoms with E-state index in [-0.39, 0.29) is 5.52 Å². The van der Waals surface area contributed by atoms with Gasteiger partial charge in [0.05, 0.1) is 25.3 Å². The number of nitrogens with zero attached hydrogens (tertiary/aromatic N) is 2. The fraction of sp³-hybridized carbons (Fsp3) is 0.500. The molecule has 2 aromatic rings. The molecule has 7 heteroatoms. The Morgan fingerprint density at radius 2 is 2.05 bits per heavy atom. The van der Waals surface area contributed by atoms with E-state index in [1.807, 2.05) is 0 Å². The van der Waals surface area contributed by atoms with E-state index in [1.165, 1.54) is 6.07 Å². The molecule has 1 aromatic heterocycles. The summed E-state index contributed by atoms with van der Waals surface area (Å²) in [6.07, 6.45) is 0.482. The van der Waals surface area contributed by atoms with Crippen LogP contribution in [0.1, 0.15) is 5.82 Å². The first kappa shape index (κ1) is 16.1. The van der Waals surface area contributed by atoms with E-state index in [9.17, 15) is 8.78 Å². The van der Waals surface area contributed by atoms with Gasteiger partial charge >= 0.3 is 0 Å². The molecule has 0 aliphatic rings. The van der Waals surface area contributed by atoms with Gasteiger partial charge in [-0.2, -0.15) is 0 Å². The minimum absolute atomic E-state index is 0.158. The Labute approximate surface area is 126 Å². The van der Waals surface area contributed by atoms with Gasteiger partial charge in [-0.3, -0.25) is 0 Å². The number of fused-ring (bicyclic) bond motifs is 1. The highest BCUT2D eigenvalue weighted by Crippen LogP contribution is 2.22. The quantitative estimate of drug-likeness (QED) is 0.555. The fourth-order valence-corrected chi connectivity index (χ4v) is 2.29. The summed E-state index contributed by atoms with van der Waals surface area (Å²) in [7, 11) is 1.59. The highest BCUT2D eigenvalue weighted by molar-refractivity contribution is 6.17. The van der Waals surface area contributed by atoms with E-state index < -0.39 is 11.6 Å². The number of aromatic nitrogens is 2. The molecular weight excluding hydrogens is 302 g/mol. The van der Waals surface area contributed by atoms with E-state index in [2.05, 4.69) is 4.98 Å². The third-order valence-corrected chi connectivity index (χ3v) is 3.28. The predicted molar refractivity (Wildman–Crippen MR) is 76.8 cm³/mol. The average Bonchev–Trinajstić information content (AvgIpc) is 2.82. The van der Waals surface area contributed by atoms with E-state index in [1.54, 1.807) is 11.7 Å². The van der Waals surface area contributed by atoms with Crippen LogP contribution in [0.3, 0.4) is 0 Å². The summed E-state index contributed by atoms with van der Waals surface area (Å²) in [5, 5.41) is 0. The van der Waals surface area contributed by atoms with Gasteiger partial charge in [-0.25, -0.2) is 13.8 Å². The van der Waals surface area contributed by atoms with Crippen molar-refractivity contribution in [2.75, 3.05) is 32.8 Å². The van der Waals surface area contributed by atoms with Crippen LogP contribution in [0.5, 0.6) is 0 Å². The molecule has 0 amide bonds. The van der Waals surface area contributed by atoms with Crippen LogP contribution < -0.4 is 0 Å². The fourth-order valence-electron chi connectivity index (χ4n) is 2.12. The van der Waals surface area contributed by atoms with Crippen LogP contribution in [-0.4, -0.2) is 42.4 Å². The molecule has 0 saturated heterocycles. The summed E-state index contributed by atoms with van der Waals surface area (Å²) in [6, 6.07) is 2.54. The molecule has 1 aromatic carbocycles. The van der Waals surface area contributed by atoms with Gasteiger partial charge in [0.1, 0.15) is 11.3 Å². The predicted octanol–water partition coefficient (Wildman–Crippen LogP) is 2.76. The maximum atomic E-state index is 14.0. The van der Waals surface area contributed by atoms with Crippen molar-refractivity contribution in [3.63, 3.8) is 0 Å². The van der Waals surface area contributed by atoms with Crippen LogP contribution in [0.15, 0.2) is 12.1 Å². The van der Waals surface area contributed by atoms with Gasteiger partial charge < -0.3 is 14.0 Å². The molecule has 0 N–H and O–H groups in total. The molecule has 2 rings (SSSR count). The molecule has 0 aliphatic heterocycles. The standard InChI is InChI=1S/C14H17ClF2N2O2/c1-20-8-9-21-7-6-19-12(4-5-15)18-11-3-2-10(16)13(17)14(11)19/h2-3H,4-9H2,1H3. The third kappa shape index (κ3) is 3.70. The molecule has 0 fully saturated rings. The lowest BCUT2D eigenvalue weighted by Gasteiger charge is -2.09. The van der Waals surface area contributed by atoms with E-state index in [4.69, 9.17) is 21.1 Å². The first-order chi connectivity index (χ1) is 10.2. The normalized spacial score (nSPS) is 11.4. The van der Waals surface area contributed by atoms with Crippen LogP contribution in [0, 0.1) is 11.6 Å². The van der Waals surface area contributed by atoms with Gasteiger partial charge in [0, 0.05) is 26.0 Å². The number of methoxy groups -OCH3 is 1. The van der Waals surface area contributed by atoms with Crippen molar-refractivity contribution in [1.82, 2.24) is 9.55 Å². The second-order valence-corrected chi connectivity index (χ2v) is 4.83. The Morgan fingerprint density at radius 3 is 2.76 bits per heavy atom. The van der Waals surface area contributed by atoms with Gasteiger partial charge in [-0.05, 0) is 12.1 Å². The van der Waals surface area contributed by atoms with Gasteiger partial charge in [0.25, 0.3) is 0 Å². The molecule has 0 spiro atoms. The lowest BCUT2D eigenvalue weighted by atomic mass is 10.3. The Hall–Kier alpha value is -1.24. The second kappa shape index (κ2) is 7.68. The van der Waals surface area contributed by atoms with E-state index in [0.29, 0.717) is 50.0 Å². The molecule has 0 bridgehead atoms. The molecular formula is C14H17ClF2N2O2. The molecule has 21 heavy (non-hydrogen) atoms. The number of aryl methyl sites for hydroxylation is 1. The van der Waals surface area contributed by atoms with Crippen LogP contribution >= 0.6 is 11.6 Å². The topological polar surface area (TPSA) is 36.3 Å². The van der Waals surface area contributed by atoms with Gasteiger partial charge in [-0.1, -0.05) is 0 Å². The summed E-state index contributed by atoms with van der Waals surface area (Å²) < 4.78 is 39.3. The first-order valence-corrected chi connectivity index (χ1v) is 7.18. The number of halogens is 3. The lowest BCUT2D eigenvalue weighted by molar-refractivity contribution is 0.0667. The Morgan fingerprint density at radius 1 is 1.24 bits per heavy atom. The Bertz CT molecular complexity index is 604. The summed E-state index contributed by atoms with van der Waals surface area (Å²) in [4.78, 5) is 4.31. The van der Waals surface area contributed by atoms with Crippen LogP contribution in [0.2, 0.25) is 0 Å². The number of rotatable bonds is 8. The zero-order valence-corrected chi connectivity index (χ0v) is 12.5. The molecule has 4 nitrogen and oxygen atoms in total. The SMILES string of the molecule is COCCOCCn1c(CCCl)nc2ccc(F)c(F)c21. The van der Waals surface area contributed by atoms with Crippen LogP contribution in [0.25, 0.3) is 11.0 Å². The number of ether oxygens (including phenoxy) is 2. The minimum atomic E-state index is -0.891. The first-order valence-electron chi connectivity index (χ1n) is 6.64. The third-order valence-electron chi connectivity index (χ3n) is 3.09. The number of alkyl halides is 1. The minimum Gasteiger partial charge on any atom is -0.382 e. The zero-order valence-electron chi connectivity index (χ0n) is 11.7. The van der Waals surface area contributed by atoms with Crippen LogP contribution in [-0.2, 0) is 22.4 Å². The molecule has 0 atom stereocenters. The zero-order chi connectivity index (χ0) is 15.2. The molecule has 0 saturated carbocycles. The Balaban J connectivity index is 2.25. The Kier molecular flexibility index (Phi) is 5.90. The molecule has 0 aliphatic carbocycles. The van der Waals surface area contributed by atoms with E-state index in [0.717, 1.165) is 6.07 Å². The number of benzene rings is 1. The summed E-state index contributed by atoms with van der Waals surface area (Å²) in [5.74, 6) is -0.795. The highest BCUT2D eigenvalue weighted by atomic mass is 35.5. The van der Waals surface area contributed by atoms with Crippen LogP contribution in [0.4, 0.5) is 8.78 Å². The van der Waals surface area contributed by atoms with Crippen molar-refractivity contribution in [1.29, 1.82) is 0 Å². The van der Waals surface area contributed by atoms with Gasteiger partial charge in [0.2, 0.25) is 0 Å². The van der Waals surface area contributed by atoms with Gasteiger partial charge in [-0.15, -0.1) is 11.6 Å². The smallest absolute Gasteiger partial charge is 0.184 e. The van der Waals surface area contributed by atoms with Gasteiger partial charge in [0.15, 0.2) is 11.6 Å². The summed E-state index contributed by atoms with van der Waals surface area (Å²) in [5.41, 5.74) is 0.580. The maximum absolute atomic E-state index is 14.0. The number of imidazole rings is 1. The molecule has 0 unspecified atom stereocenters. The summed E-state index contributed by atoms with van der Waals surface area (Å²) in [6.45, 7) is 1.68.